The van der Waals surface area contributed by atoms with Crippen molar-refractivity contribution in [3.8, 4) is 0 Å². The number of hydrogen-bond donors (Lipinski definition) is 1. The highest BCUT2D eigenvalue weighted by molar-refractivity contribution is 5.28. The summed E-state index contributed by atoms with van der Waals surface area (Å²) in [5.41, 5.74) is 0.0315. The van der Waals surface area contributed by atoms with Gasteiger partial charge in [-0.1, -0.05) is 19.1 Å². The average molecular weight is 261 g/mol. The van der Waals surface area contributed by atoms with Gasteiger partial charge in [-0.05, 0) is 30.7 Å². The van der Waals surface area contributed by atoms with Crippen molar-refractivity contribution in [2.24, 2.45) is 0 Å². The Kier molecular flexibility index (Phi) is 5.62. The number of nitrogens with one attached hydrogen (secondary N) is 1. The third-order valence-electron chi connectivity index (χ3n) is 2.68. The summed E-state index contributed by atoms with van der Waals surface area (Å²) in [7, 11) is 1.58. The fourth-order valence-corrected chi connectivity index (χ4v) is 1.80. The molecule has 0 saturated heterocycles. The largest absolute Gasteiger partial charge is 0.416 e. The fourth-order valence-electron chi connectivity index (χ4n) is 1.80. The van der Waals surface area contributed by atoms with Gasteiger partial charge in [0.1, 0.15) is 0 Å². The molecule has 0 aliphatic heterocycles. The molecule has 1 N–H and O–H groups in total. The van der Waals surface area contributed by atoms with Gasteiger partial charge in [-0.25, -0.2) is 0 Å². The molecule has 1 rings (SSSR count). The van der Waals surface area contributed by atoms with Crippen LogP contribution >= 0.6 is 0 Å². The predicted octanol–water partition coefficient (Wildman–Crippen LogP) is 3.39. The van der Waals surface area contributed by atoms with E-state index < -0.39 is 11.7 Å². The summed E-state index contributed by atoms with van der Waals surface area (Å²) in [5.74, 6) is 0. The zero-order chi connectivity index (χ0) is 13.6. The van der Waals surface area contributed by atoms with Gasteiger partial charge in [0, 0.05) is 19.8 Å². The lowest BCUT2D eigenvalue weighted by Gasteiger charge is -2.19. The van der Waals surface area contributed by atoms with Crippen LogP contribution in [0.25, 0.3) is 0 Å². The molecule has 0 radical (unpaired) electrons. The Morgan fingerprint density at radius 3 is 2.61 bits per heavy atom. The molecule has 0 spiro atoms. The van der Waals surface area contributed by atoms with Gasteiger partial charge in [0.2, 0.25) is 0 Å². The smallest absolute Gasteiger partial charge is 0.385 e. The summed E-state index contributed by atoms with van der Waals surface area (Å²) in [5, 5.41) is 3.17. The van der Waals surface area contributed by atoms with Gasteiger partial charge < -0.3 is 10.1 Å². The number of rotatable bonds is 6. The maximum Gasteiger partial charge on any atom is 0.416 e. The molecule has 0 saturated carbocycles. The maximum absolute atomic E-state index is 12.6. The van der Waals surface area contributed by atoms with Crippen molar-refractivity contribution >= 4 is 0 Å². The number of alkyl halides is 3. The highest BCUT2D eigenvalue weighted by atomic mass is 19.4. The summed E-state index contributed by atoms with van der Waals surface area (Å²) in [6.07, 6.45) is -3.65. The first-order chi connectivity index (χ1) is 8.49. The van der Waals surface area contributed by atoms with Crippen molar-refractivity contribution in [1.29, 1.82) is 0 Å². The molecule has 0 aliphatic carbocycles. The molecule has 0 heterocycles. The van der Waals surface area contributed by atoms with Gasteiger partial charge in [0.25, 0.3) is 0 Å². The van der Waals surface area contributed by atoms with Crippen LogP contribution in [0.4, 0.5) is 13.2 Å². The predicted molar refractivity (Wildman–Crippen MR) is 64.4 cm³/mol. The SMILES string of the molecule is CCNC(CCOC)c1cccc(C(F)(F)F)c1. The summed E-state index contributed by atoms with van der Waals surface area (Å²) in [4.78, 5) is 0. The quantitative estimate of drug-likeness (QED) is 0.847. The van der Waals surface area contributed by atoms with E-state index in [1.54, 1.807) is 13.2 Å². The zero-order valence-electron chi connectivity index (χ0n) is 10.6. The van der Waals surface area contributed by atoms with Crippen LogP contribution < -0.4 is 5.32 Å². The molecule has 1 aromatic carbocycles. The summed E-state index contributed by atoms with van der Waals surface area (Å²) >= 11 is 0. The molecule has 1 aromatic rings. The van der Waals surface area contributed by atoms with Crippen molar-refractivity contribution in [3.63, 3.8) is 0 Å². The molecule has 0 amide bonds. The lowest BCUT2D eigenvalue weighted by atomic mass is 10.0. The second-order valence-corrected chi connectivity index (χ2v) is 4.01. The lowest BCUT2D eigenvalue weighted by molar-refractivity contribution is -0.137. The number of benzene rings is 1. The standard InChI is InChI=1S/C13H18F3NO/c1-3-17-12(7-8-18-2)10-5-4-6-11(9-10)13(14,15)16/h4-6,9,12,17H,3,7-8H2,1-2H3. The maximum atomic E-state index is 12.6. The van der Waals surface area contributed by atoms with E-state index in [-0.39, 0.29) is 6.04 Å². The Morgan fingerprint density at radius 2 is 2.06 bits per heavy atom. The van der Waals surface area contributed by atoms with Crippen molar-refractivity contribution in [2.75, 3.05) is 20.3 Å². The highest BCUT2D eigenvalue weighted by Gasteiger charge is 2.30. The minimum Gasteiger partial charge on any atom is -0.385 e. The Balaban J connectivity index is 2.90. The molecule has 0 aromatic heterocycles. The highest BCUT2D eigenvalue weighted by Crippen LogP contribution is 2.31. The van der Waals surface area contributed by atoms with Gasteiger partial charge in [0.15, 0.2) is 0 Å². The third-order valence-corrected chi connectivity index (χ3v) is 2.68. The Hall–Kier alpha value is -1.07. The third kappa shape index (κ3) is 4.31. The molecule has 0 bridgehead atoms. The molecule has 2 nitrogen and oxygen atoms in total. The number of methoxy groups -OCH3 is 1. The van der Waals surface area contributed by atoms with Crippen molar-refractivity contribution in [2.45, 2.75) is 25.6 Å². The van der Waals surface area contributed by atoms with E-state index in [0.717, 1.165) is 6.07 Å². The number of halogens is 3. The minimum atomic E-state index is -4.30. The summed E-state index contributed by atoms with van der Waals surface area (Å²) < 4.78 is 42.8. The molecule has 1 unspecified atom stereocenters. The van der Waals surface area contributed by atoms with E-state index in [4.69, 9.17) is 4.74 Å². The van der Waals surface area contributed by atoms with E-state index in [2.05, 4.69) is 5.32 Å². The second kappa shape index (κ2) is 6.75. The Morgan fingerprint density at radius 1 is 1.33 bits per heavy atom. The van der Waals surface area contributed by atoms with Crippen molar-refractivity contribution in [1.82, 2.24) is 5.32 Å². The number of hydrogen-bond acceptors (Lipinski definition) is 2. The van der Waals surface area contributed by atoms with Crippen molar-refractivity contribution in [3.05, 3.63) is 35.4 Å². The van der Waals surface area contributed by atoms with Gasteiger partial charge in [0.05, 0.1) is 5.56 Å². The van der Waals surface area contributed by atoms with Crippen LogP contribution in [0.15, 0.2) is 24.3 Å². The first kappa shape index (κ1) is 15.0. The molecule has 18 heavy (non-hydrogen) atoms. The molecular formula is C13H18F3NO. The Labute approximate surface area is 105 Å². The van der Waals surface area contributed by atoms with E-state index in [0.29, 0.717) is 25.1 Å². The average Bonchev–Trinajstić information content (AvgIpc) is 2.33. The van der Waals surface area contributed by atoms with Gasteiger partial charge >= 0.3 is 6.18 Å². The monoisotopic (exact) mass is 261 g/mol. The van der Waals surface area contributed by atoms with E-state index in [9.17, 15) is 13.2 Å². The van der Waals surface area contributed by atoms with E-state index >= 15 is 0 Å². The van der Waals surface area contributed by atoms with Crippen LogP contribution in [0.2, 0.25) is 0 Å². The van der Waals surface area contributed by atoms with Crippen molar-refractivity contribution < 1.29 is 17.9 Å². The van der Waals surface area contributed by atoms with Gasteiger partial charge in [-0.2, -0.15) is 13.2 Å². The normalized spacial score (nSPS) is 13.6. The topological polar surface area (TPSA) is 21.3 Å². The van der Waals surface area contributed by atoms with Crippen LogP contribution in [0, 0.1) is 0 Å². The van der Waals surface area contributed by atoms with E-state index in [1.165, 1.54) is 12.1 Å². The molecule has 0 fully saturated rings. The molecule has 102 valence electrons. The molecular weight excluding hydrogens is 243 g/mol. The minimum absolute atomic E-state index is 0.114. The molecule has 5 heteroatoms. The van der Waals surface area contributed by atoms with Crippen LogP contribution in [0.5, 0.6) is 0 Å². The van der Waals surface area contributed by atoms with Crippen LogP contribution in [-0.4, -0.2) is 20.3 Å². The lowest BCUT2D eigenvalue weighted by Crippen LogP contribution is -2.22. The number of ether oxygens (including phenoxy) is 1. The van der Waals surface area contributed by atoms with Crippen LogP contribution in [0.1, 0.15) is 30.5 Å². The molecule has 0 aliphatic rings. The van der Waals surface area contributed by atoms with Crippen LogP contribution in [-0.2, 0) is 10.9 Å². The Bertz CT molecular complexity index is 365. The van der Waals surface area contributed by atoms with E-state index in [1.807, 2.05) is 6.92 Å². The molecule has 1 atom stereocenters. The zero-order valence-corrected chi connectivity index (χ0v) is 10.6. The first-order valence-corrected chi connectivity index (χ1v) is 5.88. The second-order valence-electron chi connectivity index (χ2n) is 4.01. The van der Waals surface area contributed by atoms with Gasteiger partial charge in [-0.3, -0.25) is 0 Å². The summed E-state index contributed by atoms with van der Waals surface area (Å²) in [6.45, 7) is 3.13. The summed E-state index contributed by atoms with van der Waals surface area (Å²) in [6, 6.07) is 5.32. The fraction of sp³-hybridized carbons (Fsp3) is 0.538. The first-order valence-electron chi connectivity index (χ1n) is 5.88. The van der Waals surface area contributed by atoms with Gasteiger partial charge in [-0.15, -0.1) is 0 Å². The van der Waals surface area contributed by atoms with Crippen LogP contribution in [0.3, 0.4) is 0 Å².